The van der Waals surface area contributed by atoms with Crippen molar-refractivity contribution < 1.29 is 9.50 Å². The summed E-state index contributed by atoms with van der Waals surface area (Å²) in [6.07, 6.45) is 1.12. The quantitative estimate of drug-likeness (QED) is 0.636. The van der Waals surface area contributed by atoms with Gasteiger partial charge in [0.2, 0.25) is 0 Å². The van der Waals surface area contributed by atoms with Gasteiger partial charge in [-0.3, -0.25) is 4.90 Å². The Hall–Kier alpha value is -2.49. The third kappa shape index (κ3) is 4.01. The molecule has 144 valence electrons. The topological polar surface area (TPSA) is 23.5 Å². The first-order valence-electron chi connectivity index (χ1n) is 9.85. The number of nitrogens with zero attached hydrogens (tertiary/aromatic N) is 1. The molecular weight excluding hydrogens is 349 g/mol. The first-order valence-corrected chi connectivity index (χ1v) is 9.85. The lowest BCUT2D eigenvalue weighted by molar-refractivity contribution is -0.0701. The predicted molar refractivity (Wildman–Crippen MR) is 110 cm³/mol. The highest BCUT2D eigenvalue weighted by molar-refractivity contribution is 5.28. The van der Waals surface area contributed by atoms with Gasteiger partial charge in [-0.1, -0.05) is 78.9 Å². The van der Waals surface area contributed by atoms with Crippen molar-refractivity contribution in [1.29, 1.82) is 0 Å². The van der Waals surface area contributed by atoms with Gasteiger partial charge in [0.15, 0.2) is 0 Å². The Balaban J connectivity index is 1.80. The van der Waals surface area contributed by atoms with E-state index in [9.17, 15) is 9.50 Å². The molecule has 2 nitrogen and oxygen atoms in total. The zero-order valence-corrected chi connectivity index (χ0v) is 16.1. The Morgan fingerprint density at radius 1 is 0.857 bits per heavy atom. The van der Waals surface area contributed by atoms with Crippen LogP contribution in [0.2, 0.25) is 0 Å². The van der Waals surface area contributed by atoms with Crippen LogP contribution in [0.3, 0.4) is 0 Å². The number of aliphatic hydroxyl groups is 1. The Kier molecular flexibility index (Phi) is 5.29. The minimum Gasteiger partial charge on any atom is -0.390 e. The van der Waals surface area contributed by atoms with Crippen molar-refractivity contribution in [3.05, 3.63) is 107 Å². The minimum absolute atomic E-state index is 0.00904. The van der Waals surface area contributed by atoms with Gasteiger partial charge < -0.3 is 5.11 Å². The second kappa shape index (κ2) is 7.86. The number of hydrogen-bond acceptors (Lipinski definition) is 2. The fraction of sp³-hybridized carbons (Fsp3) is 0.280. The lowest BCUT2D eigenvalue weighted by Gasteiger charge is -2.48. The van der Waals surface area contributed by atoms with E-state index in [-0.39, 0.29) is 17.9 Å². The molecule has 0 spiro atoms. The summed E-state index contributed by atoms with van der Waals surface area (Å²) in [6.45, 7) is 2.58. The van der Waals surface area contributed by atoms with Gasteiger partial charge in [-0.15, -0.1) is 0 Å². The predicted octanol–water partition coefficient (Wildman–Crippen LogP) is 5.66. The normalized spacial score (nSPS) is 25.5. The van der Waals surface area contributed by atoms with Crippen LogP contribution in [-0.2, 0) is 6.54 Å². The van der Waals surface area contributed by atoms with E-state index in [4.69, 9.17) is 0 Å². The van der Waals surface area contributed by atoms with Crippen molar-refractivity contribution in [2.75, 3.05) is 0 Å². The highest BCUT2D eigenvalue weighted by Crippen LogP contribution is 2.47. The molecule has 3 aromatic carbocycles. The van der Waals surface area contributed by atoms with E-state index in [1.807, 2.05) is 55.5 Å². The molecule has 1 fully saturated rings. The lowest BCUT2D eigenvalue weighted by atomic mass is 9.78. The van der Waals surface area contributed by atoms with E-state index < -0.39 is 5.60 Å². The van der Waals surface area contributed by atoms with Gasteiger partial charge in [0.05, 0.1) is 5.60 Å². The highest BCUT2D eigenvalue weighted by atomic mass is 19.1. The molecule has 0 radical (unpaired) electrons. The molecule has 0 aliphatic carbocycles. The zero-order chi connectivity index (χ0) is 19.6. The van der Waals surface area contributed by atoms with Gasteiger partial charge >= 0.3 is 0 Å². The van der Waals surface area contributed by atoms with E-state index >= 15 is 0 Å². The zero-order valence-electron chi connectivity index (χ0n) is 16.1. The fourth-order valence-corrected chi connectivity index (χ4v) is 4.40. The molecule has 0 amide bonds. The summed E-state index contributed by atoms with van der Waals surface area (Å²) in [5.41, 5.74) is 2.13. The van der Waals surface area contributed by atoms with Gasteiger partial charge in [-0.05, 0) is 37.0 Å². The molecule has 3 heteroatoms. The second-order valence-electron chi connectivity index (χ2n) is 8.03. The number of benzene rings is 3. The summed E-state index contributed by atoms with van der Waals surface area (Å²) in [5.74, 6) is -0.213. The molecule has 1 N–H and O–H groups in total. The minimum atomic E-state index is -0.860. The molecule has 1 saturated heterocycles. The molecule has 28 heavy (non-hydrogen) atoms. The van der Waals surface area contributed by atoms with Crippen LogP contribution in [0, 0.1) is 5.82 Å². The Morgan fingerprint density at radius 2 is 1.43 bits per heavy atom. The van der Waals surface area contributed by atoms with Crippen molar-refractivity contribution in [3.8, 4) is 0 Å². The maximum absolute atomic E-state index is 14.8. The third-order valence-corrected chi connectivity index (χ3v) is 5.72. The van der Waals surface area contributed by atoms with Gasteiger partial charge in [-0.25, -0.2) is 4.39 Å². The van der Waals surface area contributed by atoms with E-state index in [0.717, 1.165) is 5.56 Å². The smallest absolute Gasteiger partial charge is 0.127 e. The van der Waals surface area contributed by atoms with Crippen LogP contribution in [0.25, 0.3) is 0 Å². The largest absolute Gasteiger partial charge is 0.390 e. The summed E-state index contributed by atoms with van der Waals surface area (Å²) in [4.78, 5) is 2.35. The molecule has 1 unspecified atom stereocenters. The van der Waals surface area contributed by atoms with Crippen LogP contribution in [0.4, 0.5) is 4.39 Å². The third-order valence-electron chi connectivity index (χ3n) is 5.72. The van der Waals surface area contributed by atoms with Crippen molar-refractivity contribution in [3.63, 3.8) is 0 Å². The average Bonchev–Trinajstić information content (AvgIpc) is 2.71. The molecule has 0 saturated carbocycles. The maximum Gasteiger partial charge on any atom is 0.127 e. The van der Waals surface area contributed by atoms with E-state index in [2.05, 4.69) is 29.2 Å². The summed E-state index contributed by atoms with van der Waals surface area (Å²) >= 11 is 0. The molecule has 3 atom stereocenters. The molecule has 4 rings (SSSR count). The van der Waals surface area contributed by atoms with Gasteiger partial charge in [-0.2, -0.15) is 0 Å². The van der Waals surface area contributed by atoms with Gasteiger partial charge in [0.25, 0.3) is 0 Å². The molecule has 1 aliphatic rings. The molecule has 3 aromatic rings. The first-order chi connectivity index (χ1) is 13.5. The molecule has 0 aromatic heterocycles. The van der Waals surface area contributed by atoms with Crippen molar-refractivity contribution >= 4 is 0 Å². The maximum atomic E-state index is 14.8. The SMILES string of the molecule is CC1(O)C[C@H](c2ccccc2F)N(Cc2ccccc2)[C@H](c2ccccc2)C1. The summed E-state index contributed by atoms with van der Waals surface area (Å²) in [6, 6.07) is 27.3. The van der Waals surface area contributed by atoms with Crippen molar-refractivity contribution in [2.24, 2.45) is 0 Å². The van der Waals surface area contributed by atoms with Crippen molar-refractivity contribution in [2.45, 2.75) is 44.0 Å². The summed E-state index contributed by atoms with van der Waals surface area (Å²) in [7, 11) is 0. The van der Waals surface area contributed by atoms with E-state index in [1.54, 1.807) is 6.07 Å². The average molecular weight is 375 g/mol. The number of halogens is 1. The van der Waals surface area contributed by atoms with Crippen LogP contribution in [0.15, 0.2) is 84.9 Å². The summed E-state index contributed by atoms with van der Waals surface area (Å²) in [5, 5.41) is 11.1. The first kappa shape index (κ1) is 18.9. The van der Waals surface area contributed by atoms with Gasteiger partial charge in [0.1, 0.15) is 5.82 Å². The van der Waals surface area contributed by atoms with Crippen molar-refractivity contribution in [1.82, 2.24) is 4.90 Å². The van der Waals surface area contributed by atoms with Crippen LogP contribution in [0.5, 0.6) is 0 Å². The number of likely N-dealkylation sites (tertiary alicyclic amines) is 1. The van der Waals surface area contributed by atoms with Crippen LogP contribution >= 0.6 is 0 Å². The second-order valence-corrected chi connectivity index (χ2v) is 8.03. The molecule has 1 aliphatic heterocycles. The summed E-state index contributed by atoms with van der Waals surface area (Å²) < 4.78 is 14.8. The van der Waals surface area contributed by atoms with Gasteiger partial charge in [0, 0.05) is 24.2 Å². The Labute approximate surface area is 166 Å². The number of rotatable bonds is 4. The standard InChI is InChI=1S/C25H26FNO/c1-25(28)16-23(20-12-6-3-7-13-20)27(18-19-10-4-2-5-11-19)24(17-25)21-14-8-9-15-22(21)26/h2-15,23-24,28H,16-18H2,1H3/t23-,24+,25?/m0/s1. The van der Waals surface area contributed by atoms with E-state index in [1.165, 1.54) is 11.6 Å². The number of hydrogen-bond donors (Lipinski definition) is 1. The monoisotopic (exact) mass is 375 g/mol. The lowest BCUT2D eigenvalue weighted by Crippen LogP contribution is -2.46. The fourth-order valence-electron chi connectivity index (χ4n) is 4.40. The van der Waals surface area contributed by atoms with Crippen LogP contribution in [0.1, 0.15) is 48.5 Å². The highest BCUT2D eigenvalue weighted by Gasteiger charge is 2.42. The van der Waals surface area contributed by atoms with E-state index in [0.29, 0.717) is 24.9 Å². The molecule has 0 bridgehead atoms. The van der Waals surface area contributed by atoms with Crippen LogP contribution in [-0.4, -0.2) is 15.6 Å². The Morgan fingerprint density at radius 3 is 2.11 bits per heavy atom. The van der Waals surface area contributed by atoms with Crippen LogP contribution < -0.4 is 0 Å². The number of piperidine rings is 1. The molecule has 1 heterocycles. The Bertz CT molecular complexity index is 910. The molecular formula is C25H26FNO.